The minimum atomic E-state index is -0.0713. The number of rotatable bonds is 9. The van der Waals surface area contributed by atoms with Gasteiger partial charge in [0, 0.05) is 37.1 Å². The van der Waals surface area contributed by atoms with Gasteiger partial charge in [0.05, 0.1) is 0 Å². The SMILES string of the molecule is CCOC(CCN(C)C(C)c1cccs1)OCC. The van der Waals surface area contributed by atoms with Gasteiger partial charge in [-0.15, -0.1) is 11.3 Å². The molecule has 0 aliphatic carbocycles. The molecule has 0 spiro atoms. The fourth-order valence-electron chi connectivity index (χ4n) is 1.84. The van der Waals surface area contributed by atoms with Gasteiger partial charge in [-0.1, -0.05) is 6.07 Å². The van der Waals surface area contributed by atoms with Crippen molar-refractivity contribution in [2.45, 2.75) is 39.5 Å². The van der Waals surface area contributed by atoms with E-state index in [9.17, 15) is 0 Å². The summed E-state index contributed by atoms with van der Waals surface area (Å²) in [6, 6.07) is 4.75. The zero-order valence-electron chi connectivity index (χ0n) is 11.9. The van der Waals surface area contributed by atoms with Gasteiger partial charge < -0.3 is 9.47 Å². The molecule has 104 valence electrons. The summed E-state index contributed by atoms with van der Waals surface area (Å²) in [4.78, 5) is 3.75. The van der Waals surface area contributed by atoms with Gasteiger partial charge in [-0.25, -0.2) is 0 Å². The van der Waals surface area contributed by atoms with E-state index in [2.05, 4.69) is 36.4 Å². The van der Waals surface area contributed by atoms with Crippen LogP contribution in [0.3, 0.4) is 0 Å². The van der Waals surface area contributed by atoms with E-state index in [1.165, 1.54) is 4.88 Å². The number of hydrogen-bond donors (Lipinski definition) is 0. The molecule has 0 aliphatic rings. The average Bonchev–Trinajstić information content (AvgIpc) is 2.89. The highest BCUT2D eigenvalue weighted by Crippen LogP contribution is 2.23. The van der Waals surface area contributed by atoms with Gasteiger partial charge in [-0.3, -0.25) is 4.90 Å². The Hall–Kier alpha value is -0.420. The normalized spacial score (nSPS) is 13.4. The van der Waals surface area contributed by atoms with E-state index in [0.717, 1.165) is 13.0 Å². The third kappa shape index (κ3) is 5.06. The first-order valence-corrected chi connectivity index (χ1v) is 7.53. The molecule has 0 aromatic carbocycles. The molecule has 4 heteroatoms. The van der Waals surface area contributed by atoms with Crippen LogP contribution in [0.1, 0.15) is 38.1 Å². The molecule has 0 radical (unpaired) electrons. The van der Waals surface area contributed by atoms with Crippen molar-refractivity contribution in [3.63, 3.8) is 0 Å². The van der Waals surface area contributed by atoms with Crippen LogP contribution >= 0.6 is 11.3 Å². The second-order valence-corrected chi connectivity index (χ2v) is 5.28. The van der Waals surface area contributed by atoms with E-state index in [1.54, 1.807) is 0 Å². The Morgan fingerprint density at radius 1 is 1.28 bits per heavy atom. The average molecular weight is 271 g/mol. The molecule has 0 bridgehead atoms. The Morgan fingerprint density at radius 3 is 2.44 bits per heavy atom. The van der Waals surface area contributed by atoms with Crippen LogP contribution in [0.4, 0.5) is 0 Å². The zero-order valence-corrected chi connectivity index (χ0v) is 12.7. The van der Waals surface area contributed by atoms with Gasteiger partial charge >= 0.3 is 0 Å². The smallest absolute Gasteiger partial charge is 0.158 e. The van der Waals surface area contributed by atoms with Crippen molar-refractivity contribution >= 4 is 11.3 Å². The lowest BCUT2D eigenvalue weighted by atomic mass is 10.2. The molecule has 0 fully saturated rings. The molecule has 1 heterocycles. The van der Waals surface area contributed by atoms with Crippen LogP contribution in [-0.4, -0.2) is 38.0 Å². The Kier molecular flexibility index (Phi) is 7.51. The van der Waals surface area contributed by atoms with Crippen LogP contribution in [0, 0.1) is 0 Å². The van der Waals surface area contributed by atoms with Crippen LogP contribution in [0.5, 0.6) is 0 Å². The van der Waals surface area contributed by atoms with E-state index in [1.807, 2.05) is 25.2 Å². The van der Waals surface area contributed by atoms with Crippen LogP contribution in [0.25, 0.3) is 0 Å². The van der Waals surface area contributed by atoms with Crippen molar-refractivity contribution in [3.05, 3.63) is 22.4 Å². The molecule has 0 saturated heterocycles. The molecular formula is C14H25NO2S. The first-order chi connectivity index (χ1) is 8.69. The molecule has 0 aliphatic heterocycles. The highest BCUT2D eigenvalue weighted by molar-refractivity contribution is 7.10. The number of nitrogens with zero attached hydrogens (tertiary/aromatic N) is 1. The van der Waals surface area contributed by atoms with Crippen molar-refractivity contribution in [2.24, 2.45) is 0 Å². The standard InChI is InChI=1S/C14H25NO2S/c1-5-16-14(17-6-2)9-10-15(4)12(3)13-8-7-11-18-13/h7-8,11-12,14H,5-6,9-10H2,1-4H3. The van der Waals surface area contributed by atoms with Gasteiger partial charge in [0.2, 0.25) is 0 Å². The summed E-state index contributed by atoms with van der Waals surface area (Å²) >= 11 is 1.81. The second kappa shape index (κ2) is 8.64. The number of thiophene rings is 1. The molecular weight excluding hydrogens is 246 g/mol. The highest BCUT2D eigenvalue weighted by atomic mass is 32.1. The van der Waals surface area contributed by atoms with E-state index in [-0.39, 0.29) is 6.29 Å². The third-order valence-corrected chi connectivity index (χ3v) is 4.08. The van der Waals surface area contributed by atoms with Crippen LogP contribution in [-0.2, 0) is 9.47 Å². The molecule has 18 heavy (non-hydrogen) atoms. The zero-order chi connectivity index (χ0) is 13.4. The summed E-state index contributed by atoms with van der Waals surface area (Å²) in [5.74, 6) is 0. The molecule has 1 aromatic rings. The summed E-state index contributed by atoms with van der Waals surface area (Å²) < 4.78 is 11.1. The van der Waals surface area contributed by atoms with Gasteiger partial charge in [-0.2, -0.15) is 0 Å². The Labute approximate surface area is 115 Å². The van der Waals surface area contributed by atoms with Crippen molar-refractivity contribution in [2.75, 3.05) is 26.8 Å². The first-order valence-electron chi connectivity index (χ1n) is 6.65. The molecule has 0 N–H and O–H groups in total. The van der Waals surface area contributed by atoms with Gasteiger partial charge in [0.15, 0.2) is 6.29 Å². The van der Waals surface area contributed by atoms with E-state index in [0.29, 0.717) is 19.3 Å². The van der Waals surface area contributed by atoms with Gasteiger partial charge in [0.25, 0.3) is 0 Å². The summed E-state index contributed by atoms with van der Waals surface area (Å²) in [6.07, 6.45) is 0.839. The van der Waals surface area contributed by atoms with Crippen molar-refractivity contribution < 1.29 is 9.47 Å². The summed E-state index contributed by atoms with van der Waals surface area (Å²) in [5.41, 5.74) is 0. The molecule has 3 nitrogen and oxygen atoms in total. The number of hydrogen-bond acceptors (Lipinski definition) is 4. The van der Waals surface area contributed by atoms with Crippen LogP contribution < -0.4 is 0 Å². The molecule has 0 saturated carbocycles. The minimum Gasteiger partial charge on any atom is -0.353 e. The Morgan fingerprint density at radius 2 is 1.94 bits per heavy atom. The maximum atomic E-state index is 5.56. The van der Waals surface area contributed by atoms with Crippen molar-refractivity contribution in [3.8, 4) is 0 Å². The molecule has 1 unspecified atom stereocenters. The topological polar surface area (TPSA) is 21.7 Å². The summed E-state index contributed by atoms with van der Waals surface area (Å²) in [6.45, 7) is 8.63. The third-order valence-electron chi connectivity index (χ3n) is 3.04. The Balaban J connectivity index is 2.36. The lowest BCUT2D eigenvalue weighted by Gasteiger charge is -2.26. The van der Waals surface area contributed by atoms with Gasteiger partial charge in [-0.05, 0) is 39.3 Å². The van der Waals surface area contributed by atoms with E-state index < -0.39 is 0 Å². The van der Waals surface area contributed by atoms with Crippen LogP contribution in [0.2, 0.25) is 0 Å². The quantitative estimate of drug-likeness (QED) is 0.641. The highest BCUT2D eigenvalue weighted by Gasteiger charge is 2.15. The number of ether oxygens (including phenoxy) is 2. The molecule has 1 atom stereocenters. The molecule has 0 amide bonds. The monoisotopic (exact) mass is 271 g/mol. The minimum absolute atomic E-state index is 0.0713. The maximum absolute atomic E-state index is 5.56. The maximum Gasteiger partial charge on any atom is 0.158 e. The summed E-state index contributed by atoms with van der Waals surface area (Å²) in [5, 5.41) is 2.13. The van der Waals surface area contributed by atoms with E-state index in [4.69, 9.17) is 9.47 Å². The molecule has 1 aromatic heterocycles. The van der Waals surface area contributed by atoms with Crippen LogP contribution in [0.15, 0.2) is 17.5 Å². The fraction of sp³-hybridized carbons (Fsp3) is 0.714. The Bertz CT molecular complexity index is 297. The predicted molar refractivity (Wildman–Crippen MR) is 77.0 cm³/mol. The molecule has 1 rings (SSSR count). The van der Waals surface area contributed by atoms with Crippen molar-refractivity contribution in [1.82, 2.24) is 4.90 Å². The van der Waals surface area contributed by atoms with Crippen molar-refractivity contribution in [1.29, 1.82) is 0 Å². The van der Waals surface area contributed by atoms with Gasteiger partial charge in [0.1, 0.15) is 0 Å². The predicted octanol–water partition coefficient (Wildman–Crippen LogP) is 3.53. The fourth-order valence-corrected chi connectivity index (χ4v) is 2.68. The first kappa shape index (κ1) is 15.6. The lowest BCUT2D eigenvalue weighted by molar-refractivity contribution is -0.141. The van der Waals surface area contributed by atoms with E-state index >= 15 is 0 Å². The summed E-state index contributed by atoms with van der Waals surface area (Å²) in [7, 11) is 2.15. The second-order valence-electron chi connectivity index (χ2n) is 4.30. The lowest BCUT2D eigenvalue weighted by Crippen LogP contribution is -2.28. The largest absolute Gasteiger partial charge is 0.353 e.